The molecule has 0 radical (unpaired) electrons. The zero-order chi connectivity index (χ0) is 22.7. The van der Waals surface area contributed by atoms with Crippen LogP contribution >= 0.6 is 23.4 Å². The zero-order valence-corrected chi connectivity index (χ0v) is 19.6. The van der Waals surface area contributed by atoms with Crippen LogP contribution in [0.15, 0.2) is 35.3 Å². The molecule has 164 valence electrons. The molecule has 0 bridgehead atoms. The molecule has 1 aliphatic heterocycles. The van der Waals surface area contributed by atoms with E-state index in [9.17, 15) is 9.59 Å². The Morgan fingerprint density at radius 2 is 1.87 bits per heavy atom. The van der Waals surface area contributed by atoms with Crippen LogP contribution in [0.25, 0.3) is 0 Å². The van der Waals surface area contributed by atoms with Crippen LogP contribution in [-0.2, 0) is 9.59 Å². The van der Waals surface area contributed by atoms with Crippen LogP contribution < -0.4 is 14.8 Å². The number of nitrogens with zero attached hydrogens (tertiary/aromatic N) is 2. The number of thioether (sulfide) groups is 1. The zero-order valence-electron chi connectivity index (χ0n) is 18.0. The van der Waals surface area contributed by atoms with Crippen molar-refractivity contribution in [3.05, 3.63) is 46.5 Å². The van der Waals surface area contributed by atoms with E-state index in [2.05, 4.69) is 10.3 Å². The molecule has 1 aliphatic rings. The van der Waals surface area contributed by atoms with E-state index in [0.29, 0.717) is 27.4 Å². The van der Waals surface area contributed by atoms with Crippen molar-refractivity contribution in [1.82, 2.24) is 4.90 Å². The van der Waals surface area contributed by atoms with Crippen molar-refractivity contribution in [1.29, 1.82) is 0 Å². The van der Waals surface area contributed by atoms with Gasteiger partial charge in [-0.3, -0.25) is 14.5 Å². The molecule has 1 heterocycles. The van der Waals surface area contributed by atoms with Gasteiger partial charge in [-0.15, -0.1) is 0 Å². The second-order valence-electron chi connectivity index (χ2n) is 7.11. The highest BCUT2D eigenvalue weighted by molar-refractivity contribution is 8.15. The SMILES string of the molecule is COc1cc(NC(=O)CC2SC(=Nc3ccc(C)c(C)c3)N(C)C2=O)c(OC)cc1Cl. The molecule has 0 spiro atoms. The number of hydrogen-bond donors (Lipinski definition) is 1. The van der Waals surface area contributed by atoms with Crippen LogP contribution in [-0.4, -0.2) is 48.4 Å². The molecule has 7 nitrogen and oxygen atoms in total. The quantitative estimate of drug-likeness (QED) is 0.681. The predicted octanol–water partition coefficient (Wildman–Crippen LogP) is 4.56. The van der Waals surface area contributed by atoms with E-state index in [1.54, 1.807) is 19.2 Å². The van der Waals surface area contributed by atoms with Crippen LogP contribution in [0.1, 0.15) is 17.5 Å². The number of nitrogens with one attached hydrogen (secondary N) is 1. The Morgan fingerprint density at radius 1 is 1.16 bits per heavy atom. The molecule has 3 rings (SSSR count). The maximum absolute atomic E-state index is 12.7. The Hall–Kier alpha value is -2.71. The fourth-order valence-corrected chi connectivity index (χ4v) is 4.42. The van der Waals surface area contributed by atoms with Gasteiger partial charge in [0.05, 0.1) is 30.6 Å². The number of carbonyl (C=O) groups excluding carboxylic acids is 2. The molecular formula is C22H24ClN3O4S. The number of aliphatic imine (C=N–C) groups is 1. The van der Waals surface area contributed by atoms with Gasteiger partial charge in [-0.05, 0) is 37.1 Å². The van der Waals surface area contributed by atoms with E-state index < -0.39 is 5.25 Å². The minimum atomic E-state index is -0.560. The molecule has 2 aromatic carbocycles. The number of aryl methyl sites for hydroxylation is 2. The smallest absolute Gasteiger partial charge is 0.242 e. The molecule has 31 heavy (non-hydrogen) atoms. The van der Waals surface area contributed by atoms with E-state index in [1.807, 2.05) is 32.0 Å². The minimum absolute atomic E-state index is 0.00607. The Balaban J connectivity index is 1.73. The molecule has 0 aliphatic carbocycles. The number of methoxy groups -OCH3 is 2. The van der Waals surface area contributed by atoms with Gasteiger partial charge in [0.2, 0.25) is 11.8 Å². The van der Waals surface area contributed by atoms with Crippen LogP contribution in [0.3, 0.4) is 0 Å². The molecule has 2 aromatic rings. The van der Waals surface area contributed by atoms with Crippen molar-refractivity contribution in [2.75, 3.05) is 26.6 Å². The summed E-state index contributed by atoms with van der Waals surface area (Å²) < 4.78 is 10.5. The van der Waals surface area contributed by atoms with Gasteiger partial charge in [-0.1, -0.05) is 29.4 Å². The third-order valence-electron chi connectivity index (χ3n) is 4.97. The van der Waals surface area contributed by atoms with Crippen molar-refractivity contribution < 1.29 is 19.1 Å². The first-order chi connectivity index (χ1) is 14.7. The first kappa shape index (κ1) is 23.0. The van der Waals surface area contributed by atoms with Crippen molar-refractivity contribution in [2.24, 2.45) is 4.99 Å². The third-order valence-corrected chi connectivity index (χ3v) is 6.50. The number of ether oxygens (including phenoxy) is 2. The first-order valence-electron chi connectivity index (χ1n) is 9.55. The highest BCUT2D eigenvalue weighted by Gasteiger charge is 2.37. The number of amidine groups is 1. The summed E-state index contributed by atoms with van der Waals surface area (Å²) in [6.07, 6.45) is -0.00607. The van der Waals surface area contributed by atoms with Crippen LogP contribution in [0, 0.1) is 13.8 Å². The molecule has 1 fully saturated rings. The van der Waals surface area contributed by atoms with Crippen molar-refractivity contribution in [3.63, 3.8) is 0 Å². The average Bonchev–Trinajstić information content (AvgIpc) is 2.99. The topological polar surface area (TPSA) is 80.2 Å². The number of anilines is 1. The van der Waals surface area contributed by atoms with Gasteiger partial charge < -0.3 is 14.8 Å². The van der Waals surface area contributed by atoms with Crippen LogP contribution in [0.2, 0.25) is 5.02 Å². The second-order valence-corrected chi connectivity index (χ2v) is 8.68. The molecule has 1 saturated heterocycles. The Labute approximate surface area is 190 Å². The maximum Gasteiger partial charge on any atom is 0.242 e. The van der Waals surface area contributed by atoms with Crippen molar-refractivity contribution in [2.45, 2.75) is 25.5 Å². The normalized spacial score (nSPS) is 17.2. The number of amides is 2. The van der Waals surface area contributed by atoms with Gasteiger partial charge >= 0.3 is 0 Å². The number of carbonyl (C=O) groups is 2. The fraction of sp³-hybridized carbons (Fsp3) is 0.318. The highest BCUT2D eigenvalue weighted by atomic mass is 35.5. The second kappa shape index (κ2) is 9.62. The number of rotatable bonds is 6. The third kappa shape index (κ3) is 5.14. The van der Waals surface area contributed by atoms with Crippen LogP contribution in [0.5, 0.6) is 11.5 Å². The Kier molecular flexibility index (Phi) is 7.12. The molecule has 0 saturated carbocycles. The van der Waals surface area contributed by atoms with Crippen molar-refractivity contribution >= 4 is 51.7 Å². The fourth-order valence-electron chi connectivity index (χ4n) is 3.03. The highest BCUT2D eigenvalue weighted by Crippen LogP contribution is 2.36. The standard InChI is InChI=1S/C22H24ClN3O4S/c1-12-6-7-14(8-13(12)2)24-22-26(3)21(28)19(31-22)11-20(27)25-16-10-17(29-4)15(23)9-18(16)30-5/h6-10,19H,11H2,1-5H3,(H,25,27). The predicted molar refractivity (Wildman–Crippen MR) is 125 cm³/mol. The average molecular weight is 462 g/mol. The van der Waals surface area contributed by atoms with E-state index in [0.717, 1.165) is 11.3 Å². The largest absolute Gasteiger partial charge is 0.495 e. The molecule has 1 atom stereocenters. The number of hydrogen-bond acceptors (Lipinski definition) is 6. The monoisotopic (exact) mass is 461 g/mol. The van der Waals surface area contributed by atoms with Gasteiger partial charge in [0.25, 0.3) is 0 Å². The molecule has 2 amide bonds. The summed E-state index contributed by atoms with van der Waals surface area (Å²) in [5, 5.41) is 3.15. The van der Waals surface area contributed by atoms with E-state index in [1.165, 1.54) is 36.4 Å². The summed E-state index contributed by atoms with van der Waals surface area (Å²) in [5.41, 5.74) is 3.49. The first-order valence-corrected chi connectivity index (χ1v) is 10.8. The lowest BCUT2D eigenvalue weighted by Gasteiger charge is -2.14. The lowest BCUT2D eigenvalue weighted by Crippen LogP contribution is -2.30. The van der Waals surface area contributed by atoms with Crippen LogP contribution in [0.4, 0.5) is 11.4 Å². The van der Waals surface area contributed by atoms with E-state index in [-0.39, 0.29) is 18.2 Å². The van der Waals surface area contributed by atoms with E-state index >= 15 is 0 Å². The molecule has 9 heteroatoms. The van der Waals surface area contributed by atoms with Crippen molar-refractivity contribution in [3.8, 4) is 11.5 Å². The molecule has 1 N–H and O–H groups in total. The molecule has 1 unspecified atom stereocenters. The lowest BCUT2D eigenvalue weighted by atomic mass is 10.1. The number of halogens is 1. The Bertz CT molecular complexity index is 1060. The summed E-state index contributed by atoms with van der Waals surface area (Å²) in [6, 6.07) is 9.03. The molecular weight excluding hydrogens is 438 g/mol. The summed E-state index contributed by atoms with van der Waals surface area (Å²) in [5.74, 6) is 0.322. The minimum Gasteiger partial charge on any atom is -0.495 e. The summed E-state index contributed by atoms with van der Waals surface area (Å²) in [4.78, 5) is 31.4. The molecule has 0 aromatic heterocycles. The summed E-state index contributed by atoms with van der Waals surface area (Å²) >= 11 is 7.39. The summed E-state index contributed by atoms with van der Waals surface area (Å²) in [7, 11) is 4.63. The number of benzene rings is 2. The summed E-state index contributed by atoms with van der Waals surface area (Å²) in [6.45, 7) is 4.05. The Morgan fingerprint density at radius 3 is 2.52 bits per heavy atom. The van der Waals surface area contributed by atoms with Gasteiger partial charge in [0.1, 0.15) is 16.7 Å². The van der Waals surface area contributed by atoms with Gasteiger partial charge in [0.15, 0.2) is 5.17 Å². The van der Waals surface area contributed by atoms with Gasteiger partial charge in [0, 0.05) is 25.6 Å². The lowest BCUT2D eigenvalue weighted by molar-refractivity contribution is -0.127. The van der Waals surface area contributed by atoms with Gasteiger partial charge in [-0.25, -0.2) is 4.99 Å². The van der Waals surface area contributed by atoms with Gasteiger partial charge in [-0.2, -0.15) is 0 Å². The van der Waals surface area contributed by atoms with E-state index in [4.69, 9.17) is 21.1 Å². The maximum atomic E-state index is 12.7.